The summed E-state index contributed by atoms with van der Waals surface area (Å²) in [6.45, 7) is 4.57. The van der Waals surface area contributed by atoms with Crippen LogP contribution in [-0.4, -0.2) is 89.0 Å². The first-order valence-corrected chi connectivity index (χ1v) is 10.6. The topological polar surface area (TPSA) is 207 Å². The molecule has 0 aliphatic carbocycles. The highest BCUT2D eigenvalue weighted by atomic mass is 32.2. The number of carbonyl (C=O) groups excluding carboxylic acids is 3. The molecule has 0 rings (SSSR count). The maximum absolute atomic E-state index is 12.3. The lowest BCUT2D eigenvalue weighted by atomic mass is 10.1. The van der Waals surface area contributed by atoms with Crippen molar-refractivity contribution in [1.29, 1.82) is 0 Å². The van der Waals surface area contributed by atoms with Crippen LogP contribution in [0.15, 0.2) is 17.8 Å². The molecule has 2 atom stereocenters. The average molecular weight is 477 g/mol. The van der Waals surface area contributed by atoms with Gasteiger partial charge in [-0.2, -0.15) is 11.8 Å². The van der Waals surface area contributed by atoms with Crippen molar-refractivity contribution in [2.24, 2.45) is 10.9 Å². The van der Waals surface area contributed by atoms with E-state index in [4.69, 9.17) is 25.5 Å². The molecule has 0 spiro atoms. The van der Waals surface area contributed by atoms with Crippen LogP contribution in [0.5, 0.6) is 0 Å². The number of rotatable bonds is 17. The molecule has 2 unspecified atom stereocenters. The van der Waals surface area contributed by atoms with Crippen LogP contribution in [0.25, 0.3) is 0 Å². The minimum atomic E-state index is -1.28. The van der Waals surface area contributed by atoms with E-state index in [-0.39, 0.29) is 43.3 Å². The van der Waals surface area contributed by atoms with Gasteiger partial charge < -0.3 is 36.2 Å². The third kappa shape index (κ3) is 13.2. The summed E-state index contributed by atoms with van der Waals surface area (Å²) in [6.07, 6.45) is 1.01. The molecule has 0 aliphatic rings. The van der Waals surface area contributed by atoms with Crippen molar-refractivity contribution in [3.63, 3.8) is 0 Å². The Bertz CT molecular complexity index is 715. The Kier molecular flexibility index (Phi) is 14.9. The van der Waals surface area contributed by atoms with Gasteiger partial charge in [-0.05, 0) is 13.3 Å². The van der Waals surface area contributed by atoms with E-state index < -0.39 is 48.4 Å². The highest BCUT2D eigenvalue weighted by Gasteiger charge is 2.23. The Hall–Kier alpha value is -3.13. The zero-order valence-corrected chi connectivity index (χ0v) is 18.4. The van der Waals surface area contributed by atoms with Crippen LogP contribution >= 0.6 is 11.8 Å². The van der Waals surface area contributed by atoms with Gasteiger partial charge in [0.05, 0.1) is 6.61 Å². The number of nitrogens with zero attached hydrogens (tertiary/aromatic N) is 1. The average Bonchev–Trinajstić information content (AvgIpc) is 2.73. The van der Waals surface area contributed by atoms with E-state index in [9.17, 15) is 24.0 Å². The number of ether oxygens (including phenoxy) is 1. The number of nitrogens with two attached hydrogens (primary N) is 1. The summed E-state index contributed by atoms with van der Waals surface area (Å²) in [7, 11) is 0. The normalized spacial score (nSPS) is 12.8. The zero-order chi connectivity index (χ0) is 24.5. The van der Waals surface area contributed by atoms with E-state index in [2.05, 4.69) is 22.4 Å². The van der Waals surface area contributed by atoms with Crippen molar-refractivity contribution in [1.82, 2.24) is 10.6 Å². The van der Waals surface area contributed by atoms with Gasteiger partial charge in [0.15, 0.2) is 5.71 Å². The number of oxime groups is 1. The summed E-state index contributed by atoms with van der Waals surface area (Å²) in [5.74, 6) is -4.77. The maximum atomic E-state index is 12.3. The monoisotopic (exact) mass is 476 g/mol. The number of amides is 2. The quantitative estimate of drug-likeness (QED) is 0.0549. The molecule has 0 bridgehead atoms. The molecular weight excluding hydrogens is 448 g/mol. The minimum Gasteiger partial charge on any atom is -0.480 e. The highest BCUT2D eigenvalue weighted by molar-refractivity contribution is 8.00. The number of carboxylic acids is 2. The fraction of sp³-hybridized carbons (Fsp3) is 0.556. The number of thioether (sulfide) groups is 1. The van der Waals surface area contributed by atoms with Crippen LogP contribution in [0.4, 0.5) is 0 Å². The second-order valence-electron chi connectivity index (χ2n) is 6.07. The summed E-state index contributed by atoms with van der Waals surface area (Å²) in [6, 6.07) is -2.40. The van der Waals surface area contributed by atoms with Crippen molar-refractivity contribution in [2.45, 2.75) is 31.8 Å². The summed E-state index contributed by atoms with van der Waals surface area (Å²) in [5, 5.41) is 25.7. The van der Waals surface area contributed by atoms with Crippen LogP contribution in [0.2, 0.25) is 0 Å². The largest absolute Gasteiger partial charge is 0.480 e. The number of nitrogens with one attached hydrogen (secondary N) is 2. The molecule has 0 saturated carbocycles. The van der Waals surface area contributed by atoms with Gasteiger partial charge in [0, 0.05) is 17.9 Å². The first-order valence-electron chi connectivity index (χ1n) is 9.44. The molecule has 14 heteroatoms. The standard InChI is InChI=1S/C18H28N4O9S/c1-3-7-31-22-13(18(29)30-4-2)10-32-9-12(16(26)20-8-15(24)25)21-14(23)6-5-11(19)17(27)28/h3,11-12H,1,4-10,19H2,2H3,(H,20,26)(H,21,23)(H,24,25)(H,27,28). The lowest BCUT2D eigenvalue weighted by molar-refractivity contribution is -0.139. The van der Waals surface area contributed by atoms with E-state index in [0.29, 0.717) is 0 Å². The molecule has 0 saturated heterocycles. The predicted octanol–water partition coefficient (Wildman–Crippen LogP) is -1.28. The number of carbonyl (C=O) groups is 5. The molecule has 0 aliphatic heterocycles. The number of aliphatic carboxylic acids is 2. The minimum absolute atomic E-state index is 0.0293. The molecule has 0 aromatic heterocycles. The lowest BCUT2D eigenvalue weighted by Crippen LogP contribution is -2.49. The Balaban J connectivity index is 5.06. The van der Waals surface area contributed by atoms with E-state index in [1.165, 1.54) is 6.08 Å². The van der Waals surface area contributed by atoms with Crippen molar-refractivity contribution in [3.05, 3.63) is 12.7 Å². The molecule has 180 valence electrons. The second-order valence-corrected chi connectivity index (χ2v) is 7.10. The van der Waals surface area contributed by atoms with Gasteiger partial charge in [0.25, 0.3) is 0 Å². The van der Waals surface area contributed by atoms with E-state index in [1.807, 2.05) is 0 Å². The molecule has 2 amide bonds. The highest BCUT2D eigenvalue weighted by Crippen LogP contribution is 2.07. The van der Waals surface area contributed by atoms with Gasteiger partial charge in [-0.3, -0.25) is 19.2 Å². The van der Waals surface area contributed by atoms with Crippen molar-refractivity contribution in [2.75, 3.05) is 31.3 Å². The lowest BCUT2D eigenvalue weighted by Gasteiger charge is -2.18. The summed E-state index contributed by atoms with van der Waals surface area (Å²) in [4.78, 5) is 62.7. The molecule has 6 N–H and O–H groups in total. The van der Waals surface area contributed by atoms with Crippen molar-refractivity contribution >= 4 is 47.2 Å². The molecule has 32 heavy (non-hydrogen) atoms. The van der Waals surface area contributed by atoms with Crippen LogP contribution in [0, 0.1) is 0 Å². The Morgan fingerprint density at radius 3 is 2.50 bits per heavy atom. The summed E-state index contributed by atoms with van der Waals surface area (Å²) in [5.41, 5.74) is 5.28. The molecular formula is C18H28N4O9S. The molecule has 0 fully saturated rings. The van der Waals surface area contributed by atoms with E-state index in [1.54, 1.807) is 6.92 Å². The van der Waals surface area contributed by atoms with E-state index >= 15 is 0 Å². The SMILES string of the molecule is C=CCON=C(CSCC(NC(=O)CCC(N)C(=O)O)C(=O)NCC(=O)O)C(=O)OCC. The number of carboxylic acid groups (broad SMARTS) is 2. The smallest absolute Gasteiger partial charge is 0.356 e. The van der Waals surface area contributed by atoms with Gasteiger partial charge in [-0.1, -0.05) is 17.8 Å². The van der Waals surface area contributed by atoms with Crippen molar-refractivity contribution < 1.29 is 43.8 Å². The Labute approximate surface area is 188 Å². The molecule has 0 heterocycles. The van der Waals surface area contributed by atoms with E-state index in [0.717, 1.165) is 11.8 Å². The summed E-state index contributed by atoms with van der Waals surface area (Å²) >= 11 is 1.04. The number of hydrogen-bond donors (Lipinski definition) is 5. The molecule has 13 nitrogen and oxygen atoms in total. The third-order valence-corrected chi connectivity index (χ3v) is 4.51. The van der Waals surface area contributed by atoms with Gasteiger partial charge >= 0.3 is 17.9 Å². The van der Waals surface area contributed by atoms with Gasteiger partial charge in [0.1, 0.15) is 25.2 Å². The first kappa shape index (κ1) is 28.9. The van der Waals surface area contributed by atoms with Gasteiger partial charge in [-0.15, -0.1) is 0 Å². The fourth-order valence-electron chi connectivity index (χ4n) is 1.92. The third-order valence-electron chi connectivity index (χ3n) is 3.47. The second kappa shape index (κ2) is 16.5. The van der Waals surface area contributed by atoms with Crippen LogP contribution in [0.3, 0.4) is 0 Å². The Morgan fingerprint density at radius 1 is 1.25 bits per heavy atom. The van der Waals surface area contributed by atoms with Gasteiger partial charge in [-0.25, -0.2) is 4.79 Å². The summed E-state index contributed by atoms with van der Waals surface area (Å²) < 4.78 is 4.88. The number of hydrogen-bond acceptors (Lipinski definition) is 10. The zero-order valence-electron chi connectivity index (χ0n) is 17.6. The number of esters is 1. The maximum Gasteiger partial charge on any atom is 0.356 e. The van der Waals surface area contributed by atoms with Crippen LogP contribution < -0.4 is 16.4 Å². The molecule has 0 aromatic rings. The van der Waals surface area contributed by atoms with Crippen molar-refractivity contribution in [3.8, 4) is 0 Å². The first-order chi connectivity index (χ1) is 15.1. The van der Waals surface area contributed by atoms with Crippen LogP contribution in [0.1, 0.15) is 19.8 Å². The van der Waals surface area contributed by atoms with Gasteiger partial charge in [0.2, 0.25) is 11.8 Å². The molecule has 0 radical (unpaired) electrons. The predicted molar refractivity (Wildman–Crippen MR) is 115 cm³/mol. The van der Waals surface area contributed by atoms with Crippen LogP contribution in [-0.2, 0) is 33.5 Å². The molecule has 0 aromatic carbocycles. The Morgan fingerprint density at radius 2 is 1.94 bits per heavy atom. The fourth-order valence-corrected chi connectivity index (χ4v) is 2.88.